The molecule has 10 heavy (non-hydrogen) atoms. The summed E-state index contributed by atoms with van der Waals surface area (Å²) in [5.74, 6) is 0. The van der Waals surface area contributed by atoms with E-state index in [9.17, 15) is 5.11 Å². The molecule has 0 amide bonds. The molecule has 1 radical (unpaired) electrons. The normalized spacial score (nSPS) is 10.8. The summed E-state index contributed by atoms with van der Waals surface area (Å²) in [6.07, 6.45) is 0. The second-order valence-electron chi connectivity index (χ2n) is 1.48. The SMILES string of the molecule is CCOC(OCC)OC[O]. The Kier molecular flexibility index (Phi) is 6.84. The molecule has 0 saturated heterocycles. The van der Waals surface area contributed by atoms with Crippen LogP contribution in [0.2, 0.25) is 0 Å². The molecule has 0 spiro atoms. The average molecular weight is 149 g/mol. The second-order valence-corrected chi connectivity index (χ2v) is 1.48. The molecule has 4 nitrogen and oxygen atoms in total. The van der Waals surface area contributed by atoms with Gasteiger partial charge in [0.25, 0.3) is 6.48 Å². The van der Waals surface area contributed by atoms with E-state index in [2.05, 4.69) is 4.74 Å². The van der Waals surface area contributed by atoms with Crippen molar-refractivity contribution in [2.24, 2.45) is 0 Å². The lowest BCUT2D eigenvalue weighted by Crippen LogP contribution is -2.21. The third-order valence-electron chi connectivity index (χ3n) is 0.810. The molecule has 0 aromatic carbocycles. The van der Waals surface area contributed by atoms with Gasteiger partial charge in [0.05, 0.1) is 0 Å². The van der Waals surface area contributed by atoms with Crippen molar-refractivity contribution in [3.05, 3.63) is 0 Å². The standard InChI is InChI=1S/C6H13O4/c1-3-8-6(9-4-2)10-5-7/h6H,3-5H2,1-2H3. The van der Waals surface area contributed by atoms with Gasteiger partial charge in [0, 0.05) is 13.2 Å². The van der Waals surface area contributed by atoms with Crippen molar-refractivity contribution in [2.45, 2.75) is 20.3 Å². The van der Waals surface area contributed by atoms with E-state index in [4.69, 9.17) is 9.47 Å². The van der Waals surface area contributed by atoms with Crippen molar-refractivity contribution in [1.29, 1.82) is 0 Å². The van der Waals surface area contributed by atoms with Gasteiger partial charge in [-0.2, -0.15) is 0 Å². The molecular weight excluding hydrogens is 136 g/mol. The highest BCUT2D eigenvalue weighted by molar-refractivity contribution is 4.21. The largest absolute Gasteiger partial charge is 0.330 e. The van der Waals surface area contributed by atoms with Crippen molar-refractivity contribution in [3.63, 3.8) is 0 Å². The van der Waals surface area contributed by atoms with E-state index in [1.54, 1.807) is 13.8 Å². The van der Waals surface area contributed by atoms with Crippen molar-refractivity contribution < 1.29 is 19.3 Å². The zero-order valence-electron chi connectivity index (χ0n) is 6.33. The molecule has 0 rings (SSSR count). The lowest BCUT2D eigenvalue weighted by Gasteiger charge is -2.14. The van der Waals surface area contributed by atoms with Crippen LogP contribution in [0.5, 0.6) is 0 Å². The Morgan fingerprint density at radius 3 is 1.90 bits per heavy atom. The van der Waals surface area contributed by atoms with E-state index >= 15 is 0 Å². The van der Waals surface area contributed by atoms with Gasteiger partial charge in [0.1, 0.15) is 0 Å². The Morgan fingerprint density at radius 2 is 1.60 bits per heavy atom. The molecule has 0 saturated carbocycles. The first-order chi connectivity index (χ1) is 4.85. The van der Waals surface area contributed by atoms with Crippen LogP contribution in [0.1, 0.15) is 13.8 Å². The highest BCUT2D eigenvalue weighted by Crippen LogP contribution is 1.95. The zero-order valence-corrected chi connectivity index (χ0v) is 6.33. The van der Waals surface area contributed by atoms with E-state index in [-0.39, 0.29) is 0 Å². The number of ether oxygens (including phenoxy) is 3. The molecule has 0 heterocycles. The molecule has 4 heteroatoms. The molecule has 61 valence electrons. The third-order valence-corrected chi connectivity index (χ3v) is 0.810. The molecule has 0 atom stereocenters. The molecule has 0 aliphatic carbocycles. The maximum absolute atomic E-state index is 9.91. The van der Waals surface area contributed by atoms with Crippen LogP contribution in [0.3, 0.4) is 0 Å². The van der Waals surface area contributed by atoms with E-state index in [0.29, 0.717) is 13.2 Å². The Hall–Kier alpha value is -0.160. The lowest BCUT2D eigenvalue weighted by atomic mass is 10.8. The van der Waals surface area contributed by atoms with Gasteiger partial charge in [-0.1, -0.05) is 0 Å². The van der Waals surface area contributed by atoms with Crippen molar-refractivity contribution in [1.82, 2.24) is 0 Å². The summed E-state index contributed by atoms with van der Waals surface area (Å²) in [5.41, 5.74) is 0. The minimum atomic E-state index is -0.785. The van der Waals surface area contributed by atoms with Crippen LogP contribution in [-0.4, -0.2) is 26.5 Å². The van der Waals surface area contributed by atoms with E-state index in [1.165, 1.54) is 0 Å². The Morgan fingerprint density at radius 1 is 1.10 bits per heavy atom. The summed E-state index contributed by atoms with van der Waals surface area (Å²) < 4.78 is 14.3. The first-order valence-electron chi connectivity index (χ1n) is 3.28. The molecule has 0 fully saturated rings. The first-order valence-corrected chi connectivity index (χ1v) is 3.28. The Labute approximate surface area is 60.7 Å². The maximum atomic E-state index is 9.91. The Bertz CT molecular complexity index is 52.5. The first kappa shape index (κ1) is 9.84. The molecule has 0 unspecified atom stereocenters. The van der Waals surface area contributed by atoms with Gasteiger partial charge in [-0.3, -0.25) is 4.74 Å². The topological polar surface area (TPSA) is 47.6 Å². The van der Waals surface area contributed by atoms with Crippen LogP contribution in [0.4, 0.5) is 0 Å². The summed E-state index contributed by atoms with van der Waals surface area (Å²) in [4.78, 5) is 0. The van der Waals surface area contributed by atoms with Gasteiger partial charge in [-0.25, -0.2) is 5.11 Å². The number of hydrogen-bond acceptors (Lipinski definition) is 3. The zero-order chi connectivity index (χ0) is 7.82. The van der Waals surface area contributed by atoms with Crippen LogP contribution >= 0.6 is 0 Å². The van der Waals surface area contributed by atoms with Gasteiger partial charge >= 0.3 is 0 Å². The summed E-state index contributed by atoms with van der Waals surface area (Å²) in [6, 6.07) is 0. The van der Waals surface area contributed by atoms with E-state index in [0.717, 1.165) is 0 Å². The molecule has 0 aliphatic rings. The van der Waals surface area contributed by atoms with Crippen LogP contribution in [0.15, 0.2) is 0 Å². The molecular formula is C6H13O4. The quantitative estimate of drug-likeness (QED) is 0.523. The third kappa shape index (κ3) is 4.69. The summed E-state index contributed by atoms with van der Waals surface area (Å²) in [5, 5.41) is 9.91. The van der Waals surface area contributed by atoms with Crippen molar-refractivity contribution in [2.75, 3.05) is 20.0 Å². The van der Waals surface area contributed by atoms with Gasteiger partial charge in [0.15, 0.2) is 6.79 Å². The maximum Gasteiger partial charge on any atom is 0.273 e. The van der Waals surface area contributed by atoms with Crippen LogP contribution in [-0.2, 0) is 19.3 Å². The minimum Gasteiger partial charge on any atom is -0.330 e. The molecule has 0 bridgehead atoms. The molecule has 0 aromatic rings. The number of hydrogen-bond donors (Lipinski definition) is 0. The fourth-order valence-corrected chi connectivity index (χ4v) is 0.472. The fraction of sp³-hybridized carbons (Fsp3) is 1.00. The molecule has 0 N–H and O–H groups in total. The Balaban J connectivity index is 3.30. The van der Waals surface area contributed by atoms with Gasteiger partial charge in [0.2, 0.25) is 0 Å². The highest BCUT2D eigenvalue weighted by Gasteiger charge is 2.05. The summed E-state index contributed by atoms with van der Waals surface area (Å²) in [6.45, 7) is 3.15. The fourth-order valence-electron chi connectivity index (χ4n) is 0.472. The van der Waals surface area contributed by atoms with Gasteiger partial charge in [-0.15, -0.1) is 0 Å². The van der Waals surface area contributed by atoms with Crippen molar-refractivity contribution >= 4 is 0 Å². The summed E-state index contributed by atoms with van der Waals surface area (Å²) in [7, 11) is 0. The average Bonchev–Trinajstić information content (AvgIpc) is 1.90. The number of rotatable bonds is 6. The smallest absolute Gasteiger partial charge is 0.273 e. The van der Waals surface area contributed by atoms with Crippen LogP contribution in [0.25, 0.3) is 0 Å². The second kappa shape index (κ2) is 6.95. The van der Waals surface area contributed by atoms with E-state index < -0.39 is 13.3 Å². The van der Waals surface area contributed by atoms with Crippen LogP contribution in [0, 0.1) is 0 Å². The summed E-state index contributed by atoms with van der Waals surface area (Å²) >= 11 is 0. The lowest BCUT2D eigenvalue weighted by molar-refractivity contribution is -0.310. The predicted molar refractivity (Wildman–Crippen MR) is 33.7 cm³/mol. The monoisotopic (exact) mass is 149 g/mol. The minimum absolute atomic E-state index is 0.477. The van der Waals surface area contributed by atoms with Gasteiger partial charge in [-0.05, 0) is 13.8 Å². The van der Waals surface area contributed by atoms with Gasteiger partial charge < -0.3 is 9.47 Å². The van der Waals surface area contributed by atoms with Crippen LogP contribution < -0.4 is 0 Å². The van der Waals surface area contributed by atoms with E-state index in [1.807, 2.05) is 0 Å². The van der Waals surface area contributed by atoms with Crippen molar-refractivity contribution in [3.8, 4) is 0 Å². The predicted octanol–water partition coefficient (Wildman–Crippen LogP) is 0.748. The molecule has 0 aliphatic heterocycles. The highest BCUT2D eigenvalue weighted by atomic mass is 16.9. The molecule has 0 aromatic heterocycles.